The zero-order valence-corrected chi connectivity index (χ0v) is 17.7. The van der Waals surface area contributed by atoms with Crippen LogP contribution in [0.15, 0.2) is 53.3 Å². The molecule has 1 amide bonds. The number of carboxylic acids is 1. The lowest BCUT2D eigenvalue weighted by atomic mass is 9.81. The Labute approximate surface area is 181 Å². The maximum absolute atomic E-state index is 12.4. The van der Waals surface area contributed by atoms with Crippen LogP contribution >= 0.6 is 15.9 Å². The summed E-state index contributed by atoms with van der Waals surface area (Å²) in [6.45, 7) is 0.676. The van der Waals surface area contributed by atoms with Gasteiger partial charge in [0.05, 0.1) is 19.7 Å². The average molecular weight is 477 g/mol. The molecule has 0 radical (unpaired) electrons. The van der Waals surface area contributed by atoms with Crippen molar-refractivity contribution in [2.45, 2.75) is 24.2 Å². The Morgan fingerprint density at radius 1 is 1.23 bits per heavy atom. The molecule has 1 N–H and O–H groups in total. The molecule has 158 valence electrons. The first-order chi connectivity index (χ1) is 14.4. The number of aliphatic carboxylic acids is 1. The van der Waals surface area contributed by atoms with Crippen molar-refractivity contribution in [1.82, 2.24) is 9.88 Å². The summed E-state index contributed by atoms with van der Waals surface area (Å²) in [6, 6.07) is 11.3. The fraction of sp³-hybridized carbons (Fsp3) is 0.381. The van der Waals surface area contributed by atoms with Crippen LogP contribution in [-0.2, 0) is 31.2 Å². The number of aromatic nitrogens is 1. The van der Waals surface area contributed by atoms with Crippen LogP contribution in [-0.4, -0.2) is 59.0 Å². The molecule has 4 rings (SSSR count). The van der Waals surface area contributed by atoms with Gasteiger partial charge in [0.1, 0.15) is 24.4 Å². The molecular weight excluding hydrogens is 456 g/mol. The van der Waals surface area contributed by atoms with Gasteiger partial charge in [0.25, 0.3) is 0 Å². The van der Waals surface area contributed by atoms with E-state index in [-0.39, 0.29) is 13.2 Å². The fourth-order valence-electron chi connectivity index (χ4n) is 3.97. The number of amides is 1. The molecule has 1 aromatic carbocycles. The molecule has 0 saturated carbocycles. The summed E-state index contributed by atoms with van der Waals surface area (Å²) in [5.74, 6) is -1.06. The number of ether oxygens (including phenoxy) is 3. The zero-order valence-electron chi connectivity index (χ0n) is 16.1. The van der Waals surface area contributed by atoms with Crippen molar-refractivity contribution in [3.8, 4) is 0 Å². The van der Waals surface area contributed by atoms with E-state index in [1.807, 2.05) is 30.3 Å². The Morgan fingerprint density at radius 2 is 2.00 bits per heavy atom. The highest BCUT2D eigenvalue weighted by molar-refractivity contribution is 9.10. The Kier molecular flexibility index (Phi) is 5.77. The van der Waals surface area contributed by atoms with Gasteiger partial charge >= 0.3 is 12.1 Å². The normalized spacial score (nSPS) is 22.0. The van der Waals surface area contributed by atoms with Crippen LogP contribution in [0.25, 0.3) is 0 Å². The number of rotatable bonds is 6. The summed E-state index contributed by atoms with van der Waals surface area (Å²) in [5, 5.41) is 9.11. The standard InChI is InChI=1S/C21H21BrN2O6/c22-17-8-23-7-6-16(17)21(29-10-18(25)26)11-20(30-14-21)12-24(13-20)19(27)28-9-15-4-2-1-3-5-15/h1-8H,9-14H2,(H,25,26). The van der Waals surface area contributed by atoms with E-state index in [2.05, 4.69) is 20.9 Å². The molecule has 2 saturated heterocycles. The largest absolute Gasteiger partial charge is 0.480 e. The van der Waals surface area contributed by atoms with Gasteiger partial charge in [-0.2, -0.15) is 0 Å². The van der Waals surface area contributed by atoms with E-state index in [4.69, 9.17) is 19.3 Å². The van der Waals surface area contributed by atoms with Crippen LogP contribution in [0.3, 0.4) is 0 Å². The third-order valence-electron chi connectivity index (χ3n) is 5.38. The Bertz CT molecular complexity index is 934. The highest BCUT2D eigenvalue weighted by atomic mass is 79.9. The van der Waals surface area contributed by atoms with Gasteiger partial charge in [-0.05, 0) is 27.6 Å². The number of carbonyl (C=O) groups excluding carboxylic acids is 1. The quantitative estimate of drug-likeness (QED) is 0.683. The molecule has 1 unspecified atom stereocenters. The molecule has 2 aromatic rings. The van der Waals surface area contributed by atoms with Crippen molar-refractivity contribution in [2.75, 3.05) is 26.3 Å². The van der Waals surface area contributed by atoms with Crippen LogP contribution in [0.1, 0.15) is 17.5 Å². The van der Waals surface area contributed by atoms with E-state index in [0.717, 1.165) is 15.6 Å². The van der Waals surface area contributed by atoms with Gasteiger partial charge < -0.3 is 24.2 Å². The second-order valence-corrected chi connectivity index (χ2v) is 8.43. The molecule has 2 fully saturated rings. The molecule has 9 heteroatoms. The van der Waals surface area contributed by atoms with Gasteiger partial charge in [0, 0.05) is 28.9 Å². The number of halogens is 1. The molecule has 2 aliphatic heterocycles. The lowest BCUT2D eigenvalue weighted by Gasteiger charge is -2.46. The van der Waals surface area contributed by atoms with Crippen molar-refractivity contribution in [3.05, 3.63) is 64.4 Å². The van der Waals surface area contributed by atoms with E-state index >= 15 is 0 Å². The summed E-state index contributed by atoms with van der Waals surface area (Å²) < 4.78 is 18.0. The molecule has 0 aliphatic carbocycles. The maximum Gasteiger partial charge on any atom is 0.410 e. The molecule has 1 atom stereocenters. The van der Waals surface area contributed by atoms with E-state index in [9.17, 15) is 9.59 Å². The number of hydrogen-bond donors (Lipinski definition) is 1. The molecule has 0 bridgehead atoms. The molecule has 2 aliphatic rings. The van der Waals surface area contributed by atoms with Gasteiger partial charge in [0.2, 0.25) is 0 Å². The van der Waals surface area contributed by atoms with Gasteiger partial charge in [-0.15, -0.1) is 0 Å². The lowest BCUT2D eigenvalue weighted by molar-refractivity contribution is -0.150. The average Bonchev–Trinajstić information content (AvgIpc) is 3.12. The lowest BCUT2D eigenvalue weighted by Crippen LogP contribution is -2.63. The van der Waals surface area contributed by atoms with Gasteiger partial charge in [-0.1, -0.05) is 30.3 Å². The van der Waals surface area contributed by atoms with Crippen molar-refractivity contribution in [1.29, 1.82) is 0 Å². The van der Waals surface area contributed by atoms with E-state index in [1.165, 1.54) is 0 Å². The summed E-state index contributed by atoms with van der Waals surface area (Å²) >= 11 is 3.47. The molecule has 1 spiro atoms. The first-order valence-corrected chi connectivity index (χ1v) is 10.3. The van der Waals surface area contributed by atoms with Gasteiger partial charge in [0.15, 0.2) is 0 Å². The van der Waals surface area contributed by atoms with E-state index in [0.29, 0.717) is 19.5 Å². The first-order valence-electron chi connectivity index (χ1n) is 9.47. The van der Waals surface area contributed by atoms with Crippen LogP contribution in [0.4, 0.5) is 4.79 Å². The minimum absolute atomic E-state index is 0.190. The minimum atomic E-state index is -1.06. The molecule has 1 aromatic heterocycles. The maximum atomic E-state index is 12.4. The molecule has 30 heavy (non-hydrogen) atoms. The van der Waals surface area contributed by atoms with E-state index < -0.39 is 29.9 Å². The monoisotopic (exact) mass is 476 g/mol. The van der Waals surface area contributed by atoms with Crippen LogP contribution < -0.4 is 0 Å². The predicted molar refractivity (Wildman–Crippen MR) is 109 cm³/mol. The summed E-state index contributed by atoms with van der Waals surface area (Å²) in [4.78, 5) is 29.1. The van der Waals surface area contributed by atoms with Gasteiger partial charge in [-0.3, -0.25) is 4.98 Å². The number of nitrogens with zero attached hydrogens (tertiary/aromatic N) is 2. The second kappa shape index (κ2) is 8.33. The number of benzene rings is 1. The Balaban J connectivity index is 1.41. The van der Waals surface area contributed by atoms with Crippen LogP contribution in [0.5, 0.6) is 0 Å². The number of carbonyl (C=O) groups is 2. The topological polar surface area (TPSA) is 98.2 Å². The Hall–Kier alpha value is -2.49. The highest BCUT2D eigenvalue weighted by Gasteiger charge is 2.59. The third kappa shape index (κ3) is 4.19. The fourth-order valence-corrected chi connectivity index (χ4v) is 4.58. The molecular formula is C21H21BrN2O6. The summed E-state index contributed by atoms with van der Waals surface area (Å²) in [7, 11) is 0. The minimum Gasteiger partial charge on any atom is -0.480 e. The smallest absolute Gasteiger partial charge is 0.410 e. The van der Waals surface area contributed by atoms with Crippen molar-refractivity contribution in [3.63, 3.8) is 0 Å². The van der Waals surface area contributed by atoms with Gasteiger partial charge in [-0.25, -0.2) is 9.59 Å². The SMILES string of the molecule is O=C(O)COC1(c2ccncc2Br)COC2(CN(C(=O)OCc3ccccc3)C2)C1. The van der Waals surface area contributed by atoms with Crippen molar-refractivity contribution in [2.24, 2.45) is 0 Å². The van der Waals surface area contributed by atoms with E-state index in [1.54, 1.807) is 23.4 Å². The number of hydrogen-bond acceptors (Lipinski definition) is 6. The second-order valence-electron chi connectivity index (χ2n) is 7.58. The number of pyridine rings is 1. The molecule has 8 nitrogen and oxygen atoms in total. The summed E-state index contributed by atoms with van der Waals surface area (Å²) in [5.41, 5.74) is 0.176. The number of likely N-dealkylation sites (tertiary alicyclic amines) is 1. The Morgan fingerprint density at radius 3 is 2.70 bits per heavy atom. The van der Waals surface area contributed by atoms with Crippen LogP contribution in [0, 0.1) is 0 Å². The predicted octanol–water partition coefficient (Wildman–Crippen LogP) is 2.95. The third-order valence-corrected chi connectivity index (χ3v) is 6.01. The van der Waals surface area contributed by atoms with Crippen molar-refractivity contribution < 1.29 is 28.9 Å². The van der Waals surface area contributed by atoms with Crippen molar-refractivity contribution >= 4 is 28.0 Å². The van der Waals surface area contributed by atoms with Crippen LogP contribution in [0.2, 0.25) is 0 Å². The molecule has 3 heterocycles. The first kappa shape index (κ1) is 20.8. The highest BCUT2D eigenvalue weighted by Crippen LogP contribution is 2.48. The number of carboxylic acid groups (broad SMARTS) is 1. The zero-order chi connectivity index (χ0) is 21.2. The summed E-state index contributed by atoms with van der Waals surface area (Å²) in [6.07, 6.45) is 3.30.